The number of carboxylic acid groups (broad SMARTS) is 1. The van der Waals surface area contributed by atoms with Gasteiger partial charge in [-0.1, -0.05) is 13.8 Å². The topological polar surface area (TPSA) is 80.4 Å². The molecule has 2 aliphatic rings. The molecule has 3 atom stereocenters. The Balaban J connectivity index is 0.000000232. The summed E-state index contributed by atoms with van der Waals surface area (Å²) in [6.45, 7) is 4.97. The van der Waals surface area contributed by atoms with Gasteiger partial charge in [0.1, 0.15) is 5.78 Å². The zero-order chi connectivity index (χ0) is 14.1. The fraction of sp³-hybridized carbons (Fsp3) is 0.833. The van der Waals surface area contributed by atoms with Crippen LogP contribution in [-0.4, -0.2) is 27.2 Å². The van der Waals surface area contributed by atoms with Crippen molar-refractivity contribution >= 4 is 23.4 Å². The number of ketones is 1. The summed E-state index contributed by atoms with van der Waals surface area (Å²) in [6.07, 6.45) is 3.01. The molecule has 2 saturated carbocycles. The van der Waals surface area contributed by atoms with Gasteiger partial charge in [0.25, 0.3) is 0 Å². The van der Waals surface area contributed by atoms with Crippen LogP contribution >= 0.6 is 11.6 Å². The predicted octanol–water partition coefficient (Wildman–Crippen LogP) is 1.52. The number of carbonyl (C=O) groups excluding carboxylic acids is 1. The minimum atomic E-state index is -0.988. The van der Waals surface area contributed by atoms with Crippen LogP contribution in [0.3, 0.4) is 0 Å². The summed E-state index contributed by atoms with van der Waals surface area (Å²) in [5, 5.41) is 7.85. The van der Waals surface area contributed by atoms with Crippen LogP contribution in [-0.2, 0) is 29.4 Å². The summed E-state index contributed by atoms with van der Waals surface area (Å²) in [5.74, 6) is 0.0399. The third-order valence-corrected chi connectivity index (χ3v) is 5.41. The van der Waals surface area contributed by atoms with Crippen LogP contribution in [0.25, 0.3) is 0 Å². The minimum absolute atomic E-state index is 0.155. The molecule has 0 heterocycles. The Hall–Kier alpha value is 0.0783. The van der Waals surface area contributed by atoms with Gasteiger partial charge in [0.15, 0.2) is 0 Å². The average Bonchev–Trinajstić information content (AvgIpc) is 2.63. The molecule has 0 radical (unpaired) electrons. The summed E-state index contributed by atoms with van der Waals surface area (Å²) in [7, 11) is 0. The van der Waals surface area contributed by atoms with Crippen molar-refractivity contribution in [3.05, 3.63) is 0 Å². The van der Waals surface area contributed by atoms with Crippen molar-refractivity contribution in [1.82, 2.24) is 0 Å². The van der Waals surface area contributed by atoms with Crippen molar-refractivity contribution < 1.29 is 34.5 Å². The predicted molar refractivity (Wildman–Crippen MR) is 64.9 cm³/mol. The number of hydrogen-bond donors (Lipinski definition) is 2. The third kappa shape index (κ3) is 2.52. The molecule has 2 aliphatic carbocycles. The van der Waals surface area contributed by atoms with E-state index in [1.165, 1.54) is 6.42 Å². The van der Waals surface area contributed by atoms with Crippen LogP contribution < -0.4 is 5.73 Å². The van der Waals surface area contributed by atoms with E-state index in [0.29, 0.717) is 18.2 Å². The first-order chi connectivity index (χ1) is 8.19. The first kappa shape index (κ1) is 16.1. The van der Waals surface area contributed by atoms with E-state index in [1.807, 2.05) is 0 Å². The van der Waals surface area contributed by atoms with Crippen molar-refractivity contribution in [1.29, 1.82) is 0 Å². The fourth-order valence-corrected chi connectivity index (χ4v) is 3.25. The molecule has 2 fully saturated rings. The molecule has 3 unspecified atom stereocenters. The van der Waals surface area contributed by atoms with Crippen molar-refractivity contribution in [3.63, 3.8) is 0 Å². The zero-order valence-electron chi connectivity index (χ0n) is 10.5. The molecule has 0 aliphatic heterocycles. The van der Waals surface area contributed by atoms with E-state index in [9.17, 15) is 9.59 Å². The van der Waals surface area contributed by atoms with E-state index in [1.54, 1.807) is 19.8 Å². The van der Waals surface area contributed by atoms with Gasteiger partial charge in [-0.25, -0.2) is 0 Å². The van der Waals surface area contributed by atoms with Crippen LogP contribution in [0.15, 0.2) is 0 Å². The molecule has 107 valence electrons. The number of carboxylic acids is 1. The van der Waals surface area contributed by atoms with Gasteiger partial charge < -0.3 is 5.73 Å². The van der Waals surface area contributed by atoms with Gasteiger partial charge in [-0.05, 0) is 24.2 Å². The van der Waals surface area contributed by atoms with Gasteiger partial charge in [-0.2, -0.15) is 0 Å². The third-order valence-electron chi connectivity index (χ3n) is 4.66. The molecule has 2 bridgehead atoms. The van der Waals surface area contributed by atoms with Gasteiger partial charge in [-0.3, -0.25) is 4.79 Å². The molecule has 2 rings (SSSR count). The molecular weight excluding hydrogens is 437 g/mol. The number of aliphatic carboxylic acids is 1. The molecule has 4 nitrogen and oxygen atoms in total. The van der Waals surface area contributed by atoms with Gasteiger partial charge in [0.05, 0.1) is 0 Å². The first-order valence-corrected chi connectivity index (χ1v) is 7.64. The Morgan fingerprint density at radius 1 is 1.67 bits per heavy atom. The summed E-state index contributed by atoms with van der Waals surface area (Å²) in [4.78, 5) is 21.3. The fourth-order valence-electron chi connectivity index (χ4n) is 3.25. The zero-order valence-corrected chi connectivity index (χ0v) is 13.5. The molecule has 0 spiro atoms. The van der Waals surface area contributed by atoms with Gasteiger partial charge in [0.2, 0.25) is 0 Å². The average molecular weight is 456 g/mol. The maximum atomic E-state index is 11.7. The van der Waals surface area contributed by atoms with Crippen LogP contribution in [0.4, 0.5) is 0 Å². The monoisotopic (exact) mass is 455 g/mol. The first-order valence-electron chi connectivity index (χ1n) is 5.90. The van der Waals surface area contributed by atoms with Crippen molar-refractivity contribution in [2.75, 3.05) is 6.54 Å². The molecule has 3 N–H and O–H groups in total. The molecular formula is C12H19ClNO3Pt. The van der Waals surface area contributed by atoms with E-state index in [-0.39, 0.29) is 10.8 Å². The van der Waals surface area contributed by atoms with Crippen LogP contribution in [0, 0.1) is 16.7 Å². The number of nitrogens with two attached hydrogens (primary N) is 1. The number of halogens is 1. The summed E-state index contributed by atoms with van der Waals surface area (Å²) >= 11 is 6.58. The van der Waals surface area contributed by atoms with Crippen LogP contribution in [0.2, 0.25) is 0 Å². The Morgan fingerprint density at radius 2 is 2.17 bits per heavy atom. The number of Topliss-reactive ketones (excluding diaryl/α,β-unsaturated/α-hetero) is 1. The van der Waals surface area contributed by atoms with Gasteiger partial charge in [0, 0.05) is 18.4 Å². The van der Waals surface area contributed by atoms with E-state index in [2.05, 4.69) is 13.8 Å². The van der Waals surface area contributed by atoms with E-state index in [0.717, 1.165) is 12.8 Å². The second-order valence-corrected chi connectivity index (χ2v) is 7.98. The van der Waals surface area contributed by atoms with Crippen LogP contribution in [0.5, 0.6) is 0 Å². The number of alkyl halides is 1. The number of fused-ring (bicyclic) bond motifs is 2. The summed E-state index contributed by atoms with van der Waals surface area (Å²) in [6, 6.07) is 0. The maximum absolute atomic E-state index is 11.7. The number of carbonyl (C=O) groups is 2. The second-order valence-electron chi connectivity index (χ2n) is 5.48. The van der Waals surface area contributed by atoms with E-state index >= 15 is 0 Å². The quantitative estimate of drug-likeness (QED) is 0.619. The normalized spacial score (nSPS) is 33.9. The second kappa shape index (κ2) is 5.60. The van der Waals surface area contributed by atoms with Crippen LogP contribution in [0.1, 0.15) is 33.1 Å². The number of hydrogen-bond acceptors (Lipinski definition) is 3. The van der Waals surface area contributed by atoms with E-state index in [4.69, 9.17) is 22.4 Å². The molecule has 0 amide bonds. The summed E-state index contributed by atoms with van der Waals surface area (Å²) < 4.78 is -0.787. The molecule has 0 aromatic heterocycles. The molecule has 18 heavy (non-hydrogen) atoms. The summed E-state index contributed by atoms with van der Waals surface area (Å²) in [5.41, 5.74) is 5.76. The van der Waals surface area contributed by atoms with Crippen molar-refractivity contribution in [2.45, 2.75) is 36.9 Å². The molecule has 0 aromatic rings. The number of rotatable bonds is 2. The molecule has 0 aromatic carbocycles. The standard InChI is InChI=1S/C10H17NO.C2H2ClO2.Pt/c1-9(2)7-3-4-10(9,6-11)8(12)5-7;3-1-2(4)5;/h7H,3-6,11H2,1-2H3;1H,(H,4,5);. The Morgan fingerprint density at radius 3 is 2.33 bits per heavy atom. The van der Waals surface area contributed by atoms with Gasteiger partial charge in [-0.15, -0.1) is 0 Å². The Kier molecular flexibility index (Phi) is 5.02. The van der Waals surface area contributed by atoms with Crippen molar-refractivity contribution in [2.24, 2.45) is 22.5 Å². The van der Waals surface area contributed by atoms with Gasteiger partial charge >= 0.3 is 51.1 Å². The Labute approximate surface area is 124 Å². The molecule has 6 heteroatoms. The van der Waals surface area contributed by atoms with E-state index < -0.39 is 9.74 Å². The molecule has 0 saturated heterocycles. The SMILES string of the molecule is CC1(C)C2CCC1(CN)C(=O)C2.O=C(O)[CH](Cl)[Pt]. The Bertz CT molecular complexity index is 359. The van der Waals surface area contributed by atoms with Crippen molar-refractivity contribution in [3.8, 4) is 0 Å².